The third-order valence-corrected chi connectivity index (χ3v) is 2.67. The van der Waals surface area contributed by atoms with Crippen molar-refractivity contribution in [2.75, 3.05) is 26.2 Å². The van der Waals surface area contributed by atoms with Crippen molar-refractivity contribution in [3.8, 4) is 0 Å². The highest BCUT2D eigenvalue weighted by Gasteiger charge is 2.21. The number of carbonyl (C=O) groups excluding carboxylic acids is 2. The fraction of sp³-hybridized carbons (Fsp3) is 0.833. The first-order valence-electron chi connectivity index (χ1n) is 6.46. The van der Waals surface area contributed by atoms with Crippen molar-refractivity contribution in [3.05, 3.63) is 0 Å². The molecule has 0 spiro atoms. The highest BCUT2D eigenvalue weighted by molar-refractivity contribution is 5.78. The number of amides is 2. The van der Waals surface area contributed by atoms with Crippen LogP contribution in [0.3, 0.4) is 0 Å². The maximum Gasteiger partial charge on any atom is 0.233 e. The van der Waals surface area contributed by atoms with E-state index in [-0.39, 0.29) is 11.8 Å². The van der Waals surface area contributed by atoms with Gasteiger partial charge in [-0.25, -0.2) is 0 Å². The molecule has 17 heavy (non-hydrogen) atoms. The standard InChI is InChI=1S/C12H23N3O2/c1-2-6-14-11(16)5-7-13-9-12(17)15-8-10-3-4-10/h10,13H,2-9H2,1H3,(H,14,16)(H,15,17). The molecule has 0 heterocycles. The molecule has 1 aliphatic rings. The van der Waals surface area contributed by atoms with E-state index in [1.165, 1.54) is 12.8 Å². The van der Waals surface area contributed by atoms with Crippen LogP contribution in [-0.2, 0) is 9.59 Å². The van der Waals surface area contributed by atoms with Crippen LogP contribution in [0.25, 0.3) is 0 Å². The molecule has 1 rings (SSSR count). The lowest BCUT2D eigenvalue weighted by Gasteiger charge is -2.06. The lowest BCUT2D eigenvalue weighted by Crippen LogP contribution is -2.36. The van der Waals surface area contributed by atoms with Crippen molar-refractivity contribution < 1.29 is 9.59 Å². The van der Waals surface area contributed by atoms with E-state index in [0.717, 1.165) is 19.5 Å². The molecular formula is C12H23N3O2. The van der Waals surface area contributed by atoms with Crippen LogP contribution < -0.4 is 16.0 Å². The van der Waals surface area contributed by atoms with Gasteiger partial charge in [-0.1, -0.05) is 6.92 Å². The summed E-state index contributed by atoms with van der Waals surface area (Å²) in [7, 11) is 0. The summed E-state index contributed by atoms with van der Waals surface area (Å²) in [6.07, 6.45) is 3.86. The molecule has 1 aliphatic carbocycles. The van der Waals surface area contributed by atoms with Crippen LogP contribution in [0, 0.1) is 5.92 Å². The third-order valence-electron chi connectivity index (χ3n) is 2.67. The zero-order chi connectivity index (χ0) is 12.5. The molecule has 5 heteroatoms. The average molecular weight is 241 g/mol. The number of hydrogen-bond donors (Lipinski definition) is 3. The Bertz CT molecular complexity index is 252. The van der Waals surface area contributed by atoms with E-state index in [0.29, 0.717) is 25.4 Å². The molecule has 0 aliphatic heterocycles. The van der Waals surface area contributed by atoms with E-state index < -0.39 is 0 Å². The van der Waals surface area contributed by atoms with Crippen molar-refractivity contribution in [2.24, 2.45) is 5.92 Å². The number of carbonyl (C=O) groups is 2. The maximum atomic E-state index is 11.3. The Kier molecular flexibility index (Phi) is 6.62. The first-order valence-corrected chi connectivity index (χ1v) is 6.46. The molecule has 1 fully saturated rings. The summed E-state index contributed by atoms with van der Waals surface area (Å²) in [6.45, 7) is 4.39. The number of nitrogens with one attached hydrogen (secondary N) is 3. The molecule has 0 bridgehead atoms. The monoisotopic (exact) mass is 241 g/mol. The topological polar surface area (TPSA) is 70.2 Å². The van der Waals surface area contributed by atoms with Crippen molar-refractivity contribution in [1.29, 1.82) is 0 Å². The van der Waals surface area contributed by atoms with Gasteiger partial charge in [0, 0.05) is 26.1 Å². The smallest absolute Gasteiger partial charge is 0.233 e. The zero-order valence-corrected chi connectivity index (χ0v) is 10.6. The Morgan fingerprint density at radius 3 is 2.53 bits per heavy atom. The summed E-state index contributed by atoms with van der Waals surface area (Å²) in [5.74, 6) is 0.766. The molecule has 0 unspecified atom stereocenters. The fourth-order valence-corrected chi connectivity index (χ4v) is 1.40. The van der Waals surface area contributed by atoms with E-state index in [2.05, 4.69) is 16.0 Å². The summed E-state index contributed by atoms with van der Waals surface area (Å²) in [6, 6.07) is 0. The fourth-order valence-electron chi connectivity index (χ4n) is 1.40. The molecule has 0 atom stereocenters. The Labute approximate surface area is 103 Å². The van der Waals surface area contributed by atoms with E-state index in [1.807, 2.05) is 6.92 Å². The molecule has 0 aromatic heterocycles. The Hall–Kier alpha value is -1.10. The quantitative estimate of drug-likeness (QED) is 0.498. The van der Waals surface area contributed by atoms with Crippen molar-refractivity contribution in [2.45, 2.75) is 32.6 Å². The van der Waals surface area contributed by atoms with Crippen LogP contribution in [0.5, 0.6) is 0 Å². The van der Waals surface area contributed by atoms with Gasteiger partial charge in [-0.2, -0.15) is 0 Å². The second-order valence-electron chi connectivity index (χ2n) is 4.52. The zero-order valence-electron chi connectivity index (χ0n) is 10.6. The molecule has 0 saturated heterocycles. The lowest BCUT2D eigenvalue weighted by atomic mass is 10.3. The molecule has 2 amide bonds. The van der Waals surface area contributed by atoms with Crippen molar-refractivity contribution in [3.63, 3.8) is 0 Å². The second-order valence-corrected chi connectivity index (χ2v) is 4.52. The van der Waals surface area contributed by atoms with Gasteiger partial charge in [0.05, 0.1) is 6.54 Å². The van der Waals surface area contributed by atoms with Gasteiger partial charge in [0.15, 0.2) is 0 Å². The predicted octanol–water partition coefficient (Wildman–Crippen LogP) is 0.0185. The van der Waals surface area contributed by atoms with Gasteiger partial charge in [-0.3, -0.25) is 9.59 Å². The highest BCUT2D eigenvalue weighted by Crippen LogP contribution is 2.27. The first-order chi connectivity index (χ1) is 8.22. The molecule has 3 N–H and O–H groups in total. The van der Waals surface area contributed by atoms with Gasteiger partial charge in [0.2, 0.25) is 11.8 Å². The Morgan fingerprint density at radius 1 is 1.12 bits per heavy atom. The summed E-state index contributed by atoms with van der Waals surface area (Å²) in [4.78, 5) is 22.5. The van der Waals surface area contributed by atoms with Gasteiger partial charge in [-0.15, -0.1) is 0 Å². The molecule has 0 aromatic carbocycles. The largest absolute Gasteiger partial charge is 0.356 e. The summed E-state index contributed by atoms with van der Waals surface area (Å²) in [5, 5.41) is 8.62. The molecule has 5 nitrogen and oxygen atoms in total. The van der Waals surface area contributed by atoms with E-state index >= 15 is 0 Å². The normalized spacial score (nSPS) is 14.4. The summed E-state index contributed by atoms with van der Waals surface area (Å²) >= 11 is 0. The predicted molar refractivity (Wildman–Crippen MR) is 66.5 cm³/mol. The van der Waals surface area contributed by atoms with Crippen LogP contribution >= 0.6 is 0 Å². The highest BCUT2D eigenvalue weighted by atomic mass is 16.2. The van der Waals surface area contributed by atoms with Gasteiger partial charge in [0.25, 0.3) is 0 Å². The van der Waals surface area contributed by atoms with E-state index in [1.54, 1.807) is 0 Å². The minimum atomic E-state index is 0.0193. The Balaban J connectivity index is 1.88. The third kappa shape index (κ3) is 7.74. The van der Waals surface area contributed by atoms with Gasteiger partial charge in [-0.05, 0) is 25.2 Å². The SMILES string of the molecule is CCCNC(=O)CCNCC(=O)NCC1CC1. The number of hydrogen-bond acceptors (Lipinski definition) is 3. The van der Waals surface area contributed by atoms with Crippen LogP contribution in [0.1, 0.15) is 32.6 Å². The van der Waals surface area contributed by atoms with Gasteiger partial charge in [0.1, 0.15) is 0 Å². The minimum absolute atomic E-state index is 0.0193. The molecule has 1 saturated carbocycles. The lowest BCUT2D eigenvalue weighted by molar-refractivity contribution is -0.122. The first kappa shape index (κ1) is 14.0. The maximum absolute atomic E-state index is 11.3. The minimum Gasteiger partial charge on any atom is -0.356 e. The van der Waals surface area contributed by atoms with Crippen LogP contribution in [0.4, 0.5) is 0 Å². The molecule has 98 valence electrons. The molecule has 0 aromatic rings. The van der Waals surface area contributed by atoms with Crippen LogP contribution in [0.2, 0.25) is 0 Å². The van der Waals surface area contributed by atoms with Gasteiger partial charge >= 0.3 is 0 Å². The van der Waals surface area contributed by atoms with Crippen LogP contribution in [0.15, 0.2) is 0 Å². The molecule has 0 radical (unpaired) electrons. The van der Waals surface area contributed by atoms with Crippen LogP contribution in [-0.4, -0.2) is 38.0 Å². The summed E-state index contributed by atoms with van der Waals surface area (Å²) in [5.41, 5.74) is 0. The van der Waals surface area contributed by atoms with Gasteiger partial charge < -0.3 is 16.0 Å². The summed E-state index contributed by atoms with van der Waals surface area (Å²) < 4.78 is 0. The van der Waals surface area contributed by atoms with E-state index in [9.17, 15) is 9.59 Å². The van der Waals surface area contributed by atoms with E-state index in [4.69, 9.17) is 0 Å². The Morgan fingerprint density at radius 2 is 1.88 bits per heavy atom. The molecular weight excluding hydrogens is 218 g/mol. The van der Waals surface area contributed by atoms with Crippen molar-refractivity contribution in [1.82, 2.24) is 16.0 Å². The average Bonchev–Trinajstić information content (AvgIpc) is 3.13. The van der Waals surface area contributed by atoms with Crippen molar-refractivity contribution >= 4 is 11.8 Å². The number of rotatable bonds is 9. The second kappa shape index (κ2) is 8.06.